The zero-order valence-corrected chi connectivity index (χ0v) is 19.9. The summed E-state index contributed by atoms with van der Waals surface area (Å²) >= 11 is 1.26. The van der Waals surface area contributed by atoms with E-state index in [4.69, 9.17) is 4.84 Å². The summed E-state index contributed by atoms with van der Waals surface area (Å²) in [7, 11) is 1.23. The molecule has 0 radical (unpaired) electrons. The number of alkyl halides is 6. The number of benzene rings is 1. The lowest BCUT2D eigenvalue weighted by Crippen LogP contribution is -2.45. The van der Waals surface area contributed by atoms with Gasteiger partial charge in [0, 0.05) is 27.9 Å². The van der Waals surface area contributed by atoms with Crippen molar-refractivity contribution in [2.24, 2.45) is 0 Å². The predicted octanol–water partition coefficient (Wildman–Crippen LogP) is 5.45. The summed E-state index contributed by atoms with van der Waals surface area (Å²) in [6.45, 7) is 1.95. The van der Waals surface area contributed by atoms with Crippen LogP contribution < -0.4 is 14.5 Å². The van der Waals surface area contributed by atoms with Crippen LogP contribution in [-0.4, -0.2) is 30.3 Å². The molecular formula is C24H20F6N3O2S+. The zero-order valence-electron chi connectivity index (χ0n) is 19.1. The van der Waals surface area contributed by atoms with Crippen LogP contribution in [0.5, 0.6) is 0 Å². The minimum absolute atomic E-state index is 0.00630. The van der Waals surface area contributed by atoms with Gasteiger partial charge in [0.05, 0.1) is 12.0 Å². The number of amides is 1. The van der Waals surface area contributed by atoms with Crippen LogP contribution in [0.1, 0.15) is 34.2 Å². The Morgan fingerprint density at radius 1 is 1.08 bits per heavy atom. The SMILES string of the molecule is CCSc1cc(-c2cccc(C(F)(F)F)c2)cnc1C(=O)N1CCc2c1cc(C(F)(F)F)c[n+]2OC. The van der Waals surface area contributed by atoms with Crippen LogP contribution in [0.25, 0.3) is 11.1 Å². The summed E-state index contributed by atoms with van der Waals surface area (Å²) in [6.07, 6.45) is -6.78. The van der Waals surface area contributed by atoms with Gasteiger partial charge in [-0.1, -0.05) is 19.1 Å². The number of anilines is 1. The number of thioether (sulfide) groups is 1. The number of hydrogen-bond donors (Lipinski definition) is 0. The van der Waals surface area contributed by atoms with E-state index < -0.39 is 29.4 Å². The van der Waals surface area contributed by atoms with E-state index in [1.165, 1.54) is 42.1 Å². The third-order valence-electron chi connectivity index (χ3n) is 5.62. The highest BCUT2D eigenvalue weighted by Crippen LogP contribution is 2.37. The molecule has 1 aliphatic heterocycles. The van der Waals surface area contributed by atoms with Crippen LogP contribution in [0, 0.1) is 0 Å². The van der Waals surface area contributed by atoms with E-state index in [1.54, 1.807) is 6.07 Å². The van der Waals surface area contributed by atoms with Crippen molar-refractivity contribution in [3.8, 4) is 11.1 Å². The van der Waals surface area contributed by atoms with Gasteiger partial charge in [-0.2, -0.15) is 26.3 Å². The third-order valence-corrected chi connectivity index (χ3v) is 6.53. The van der Waals surface area contributed by atoms with Crippen LogP contribution in [0.3, 0.4) is 0 Å². The van der Waals surface area contributed by atoms with E-state index in [2.05, 4.69) is 4.98 Å². The molecule has 3 aromatic rings. The van der Waals surface area contributed by atoms with Gasteiger partial charge in [-0.15, -0.1) is 11.8 Å². The van der Waals surface area contributed by atoms with Gasteiger partial charge in [0.25, 0.3) is 11.6 Å². The average molecular weight is 528 g/mol. The van der Waals surface area contributed by atoms with E-state index in [-0.39, 0.29) is 29.9 Å². The molecule has 1 amide bonds. The van der Waals surface area contributed by atoms with Gasteiger partial charge in [0.15, 0.2) is 0 Å². The molecule has 4 rings (SSSR count). The van der Waals surface area contributed by atoms with E-state index in [9.17, 15) is 31.1 Å². The molecule has 0 saturated carbocycles. The van der Waals surface area contributed by atoms with Crippen LogP contribution in [0.2, 0.25) is 0 Å². The maximum absolute atomic E-state index is 13.5. The molecule has 190 valence electrons. The lowest BCUT2D eigenvalue weighted by atomic mass is 10.0. The standard InChI is InChI=1S/C24H20F6N3O2S/c1-3-36-20-10-15(14-5-4-6-16(9-14)23(25,26)27)12-31-21(20)22(34)32-8-7-18-19(32)11-17(24(28,29)30)13-33(18)35-2/h4-6,9-13H,3,7-8H2,1-2H3/q+1. The van der Waals surface area contributed by atoms with Crippen LogP contribution in [-0.2, 0) is 18.8 Å². The first kappa shape index (κ1) is 25.8. The van der Waals surface area contributed by atoms with Gasteiger partial charge < -0.3 is 4.90 Å². The lowest BCUT2D eigenvalue weighted by Gasteiger charge is -2.18. The second kappa shape index (κ2) is 9.64. The van der Waals surface area contributed by atoms with Gasteiger partial charge in [-0.05, 0) is 35.6 Å². The van der Waals surface area contributed by atoms with Crippen molar-refractivity contribution < 1.29 is 40.7 Å². The first-order chi connectivity index (χ1) is 16.9. The normalized spacial score (nSPS) is 13.6. The molecule has 2 aromatic heterocycles. The third kappa shape index (κ3) is 4.99. The second-order valence-corrected chi connectivity index (χ2v) is 9.16. The monoisotopic (exact) mass is 528 g/mol. The average Bonchev–Trinajstić information content (AvgIpc) is 3.26. The van der Waals surface area contributed by atoms with E-state index in [0.717, 1.165) is 29.1 Å². The topological polar surface area (TPSA) is 46.3 Å². The first-order valence-electron chi connectivity index (χ1n) is 10.8. The Kier molecular flexibility index (Phi) is 6.91. The van der Waals surface area contributed by atoms with Gasteiger partial charge in [0.2, 0.25) is 6.20 Å². The molecule has 36 heavy (non-hydrogen) atoms. The number of halogens is 6. The summed E-state index contributed by atoms with van der Waals surface area (Å²) in [5, 5.41) is 0. The Labute approximate surface area is 206 Å². The highest BCUT2D eigenvalue weighted by atomic mass is 32.2. The molecule has 12 heteroatoms. The molecule has 1 aromatic carbocycles. The molecule has 0 spiro atoms. The molecule has 0 aliphatic carbocycles. The Balaban J connectivity index is 1.74. The molecular weight excluding hydrogens is 508 g/mol. The Morgan fingerprint density at radius 3 is 2.44 bits per heavy atom. The van der Waals surface area contributed by atoms with E-state index >= 15 is 0 Å². The van der Waals surface area contributed by atoms with Crippen molar-refractivity contribution in [1.29, 1.82) is 0 Å². The van der Waals surface area contributed by atoms with Gasteiger partial charge in [0.1, 0.15) is 24.1 Å². The molecule has 0 saturated heterocycles. The second-order valence-electron chi connectivity index (χ2n) is 7.86. The molecule has 3 heterocycles. The predicted molar refractivity (Wildman–Crippen MR) is 121 cm³/mol. The molecule has 1 aliphatic rings. The summed E-state index contributed by atoms with van der Waals surface area (Å²) in [4.78, 5) is 24.4. The molecule has 0 N–H and O–H groups in total. The number of fused-ring (bicyclic) bond motifs is 1. The number of nitrogens with zero attached hydrogens (tertiary/aromatic N) is 3. The van der Waals surface area contributed by atoms with E-state index in [1.807, 2.05) is 6.92 Å². The number of pyridine rings is 2. The fraction of sp³-hybridized carbons (Fsp3) is 0.292. The molecule has 0 bridgehead atoms. The Bertz CT molecular complexity index is 1310. The van der Waals surface area contributed by atoms with Crippen molar-refractivity contribution >= 4 is 23.4 Å². The largest absolute Gasteiger partial charge is 0.422 e. The number of carbonyl (C=O) groups is 1. The Morgan fingerprint density at radius 2 is 1.81 bits per heavy atom. The highest BCUT2D eigenvalue weighted by molar-refractivity contribution is 7.99. The lowest BCUT2D eigenvalue weighted by molar-refractivity contribution is -0.890. The van der Waals surface area contributed by atoms with Gasteiger partial charge in [-0.25, -0.2) is 4.98 Å². The van der Waals surface area contributed by atoms with Crippen LogP contribution in [0.4, 0.5) is 32.0 Å². The van der Waals surface area contributed by atoms with Crippen LogP contribution in [0.15, 0.2) is 53.7 Å². The molecule has 0 fully saturated rings. The quantitative estimate of drug-likeness (QED) is 0.251. The summed E-state index contributed by atoms with van der Waals surface area (Å²) in [5.41, 5.74) is -0.656. The first-order valence-corrected chi connectivity index (χ1v) is 11.7. The minimum atomic E-state index is -4.65. The minimum Gasteiger partial charge on any atom is -0.301 e. The van der Waals surface area contributed by atoms with E-state index in [0.29, 0.717) is 21.9 Å². The summed E-state index contributed by atoms with van der Waals surface area (Å²) < 4.78 is 80.8. The summed E-state index contributed by atoms with van der Waals surface area (Å²) in [6, 6.07) is 7.23. The van der Waals surface area contributed by atoms with Crippen molar-refractivity contribution in [2.75, 3.05) is 24.3 Å². The van der Waals surface area contributed by atoms with Crippen molar-refractivity contribution in [1.82, 2.24) is 4.98 Å². The van der Waals surface area contributed by atoms with Crippen molar-refractivity contribution in [2.45, 2.75) is 30.6 Å². The van der Waals surface area contributed by atoms with Crippen LogP contribution >= 0.6 is 11.8 Å². The fourth-order valence-corrected chi connectivity index (χ4v) is 4.75. The maximum Gasteiger partial charge on any atom is 0.422 e. The highest BCUT2D eigenvalue weighted by Gasteiger charge is 2.41. The van der Waals surface area contributed by atoms with Crippen molar-refractivity contribution in [3.05, 3.63) is 71.3 Å². The van der Waals surface area contributed by atoms with Crippen molar-refractivity contribution in [3.63, 3.8) is 0 Å². The smallest absolute Gasteiger partial charge is 0.301 e. The maximum atomic E-state index is 13.5. The number of hydrogen-bond acceptors (Lipinski definition) is 4. The molecule has 0 atom stereocenters. The summed E-state index contributed by atoms with van der Waals surface area (Å²) in [5.74, 6) is -0.0748. The molecule has 5 nitrogen and oxygen atoms in total. The number of aromatic nitrogens is 2. The Hall–Kier alpha value is -3.28. The van der Waals surface area contributed by atoms with Gasteiger partial charge in [-0.3, -0.25) is 9.63 Å². The number of rotatable bonds is 5. The zero-order chi connectivity index (χ0) is 26.3. The number of carbonyl (C=O) groups excluding carboxylic acids is 1. The fourth-order valence-electron chi connectivity index (χ4n) is 3.96. The molecule has 0 unspecified atom stereocenters. The van der Waals surface area contributed by atoms with Gasteiger partial charge >= 0.3 is 12.4 Å².